The maximum atomic E-state index is 13.3. The molecule has 0 aliphatic carbocycles. The Labute approximate surface area is 114 Å². The number of nitrogens with two attached hydrogens (primary N) is 1. The second-order valence-electron chi connectivity index (χ2n) is 4.01. The minimum Gasteiger partial charge on any atom is -0.497 e. The predicted molar refractivity (Wildman–Crippen MR) is 71.7 cm³/mol. The number of anilines is 2. The van der Waals surface area contributed by atoms with Crippen LogP contribution in [0.2, 0.25) is 0 Å². The van der Waals surface area contributed by atoms with E-state index in [2.05, 4.69) is 5.32 Å². The summed E-state index contributed by atoms with van der Waals surface area (Å²) in [4.78, 5) is 11.9. The van der Waals surface area contributed by atoms with Gasteiger partial charge in [-0.15, -0.1) is 0 Å². The topological polar surface area (TPSA) is 64.3 Å². The number of rotatable bonds is 3. The van der Waals surface area contributed by atoms with Gasteiger partial charge in [0.05, 0.1) is 18.5 Å². The second-order valence-corrected chi connectivity index (χ2v) is 4.01. The summed E-state index contributed by atoms with van der Waals surface area (Å²) in [7, 11) is 1.51. The molecular formula is C14H12F2N2O2. The van der Waals surface area contributed by atoms with Crippen molar-refractivity contribution in [3.05, 3.63) is 53.6 Å². The third-order valence-corrected chi connectivity index (χ3v) is 2.73. The zero-order valence-corrected chi connectivity index (χ0v) is 10.6. The van der Waals surface area contributed by atoms with E-state index in [-0.39, 0.29) is 5.69 Å². The zero-order valence-electron chi connectivity index (χ0n) is 10.6. The van der Waals surface area contributed by atoms with Gasteiger partial charge in [-0.25, -0.2) is 8.78 Å². The Bertz CT molecular complexity index is 642. The van der Waals surface area contributed by atoms with Crippen LogP contribution in [0.3, 0.4) is 0 Å². The first-order valence-electron chi connectivity index (χ1n) is 5.72. The molecule has 0 radical (unpaired) electrons. The van der Waals surface area contributed by atoms with Gasteiger partial charge < -0.3 is 15.8 Å². The minimum absolute atomic E-state index is 0.0183. The van der Waals surface area contributed by atoms with Gasteiger partial charge in [-0.1, -0.05) is 0 Å². The quantitative estimate of drug-likeness (QED) is 0.848. The van der Waals surface area contributed by atoms with E-state index in [1.807, 2.05) is 0 Å². The molecule has 4 nitrogen and oxygen atoms in total. The summed E-state index contributed by atoms with van der Waals surface area (Å²) >= 11 is 0. The third kappa shape index (κ3) is 2.69. The maximum Gasteiger partial charge on any atom is 0.255 e. The van der Waals surface area contributed by atoms with Crippen LogP contribution in [0, 0.1) is 11.6 Å². The fraction of sp³-hybridized carbons (Fsp3) is 0.0714. The summed E-state index contributed by atoms with van der Waals surface area (Å²) in [6.45, 7) is 0. The van der Waals surface area contributed by atoms with Crippen LogP contribution in [0.25, 0.3) is 0 Å². The number of nitrogen functional groups attached to an aromatic ring is 1. The van der Waals surface area contributed by atoms with Crippen molar-refractivity contribution in [2.75, 3.05) is 18.2 Å². The number of carbonyl (C=O) groups is 1. The van der Waals surface area contributed by atoms with E-state index in [1.165, 1.54) is 13.2 Å². The summed E-state index contributed by atoms with van der Waals surface area (Å²) in [5, 5.41) is 2.42. The number of nitrogens with one attached hydrogen (secondary N) is 1. The lowest BCUT2D eigenvalue weighted by Crippen LogP contribution is -2.14. The van der Waals surface area contributed by atoms with E-state index in [4.69, 9.17) is 10.5 Å². The van der Waals surface area contributed by atoms with Gasteiger partial charge in [0.2, 0.25) is 0 Å². The molecule has 0 saturated carbocycles. The molecule has 0 aromatic heterocycles. The molecule has 0 unspecified atom stereocenters. The highest BCUT2D eigenvalue weighted by Gasteiger charge is 2.13. The van der Waals surface area contributed by atoms with Crippen LogP contribution < -0.4 is 15.8 Å². The van der Waals surface area contributed by atoms with Crippen molar-refractivity contribution in [1.82, 2.24) is 0 Å². The lowest BCUT2D eigenvalue weighted by atomic mass is 10.2. The lowest BCUT2D eigenvalue weighted by molar-refractivity contribution is 0.102. The molecule has 0 fully saturated rings. The van der Waals surface area contributed by atoms with Gasteiger partial charge in [-0.05, 0) is 36.4 Å². The molecule has 3 N–H and O–H groups in total. The van der Waals surface area contributed by atoms with E-state index in [9.17, 15) is 13.6 Å². The van der Waals surface area contributed by atoms with Crippen LogP contribution in [0.1, 0.15) is 10.4 Å². The van der Waals surface area contributed by atoms with Crippen molar-refractivity contribution >= 4 is 17.3 Å². The first kappa shape index (κ1) is 13.8. The van der Waals surface area contributed by atoms with Gasteiger partial charge in [0.25, 0.3) is 5.91 Å². The smallest absolute Gasteiger partial charge is 0.255 e. The van der Waals surface area contributed by atoms with Gasteiger partial charge >= 0.3 is 0 Å². The van der Waals surface area contributed by atoms with Crippen molar-refractivity contribution in [3.8, 4) is 5.75 Å². The molecule has 0 aliphatic rings. The van der Waals surface area contributed by atoms with E-state index in [1.54, 1.807) is 24.3 Å². The standard InChI is InChI=1S/C14H12F2N2O2/c1-20-9-4-2-8(3-5-9)14(19)18-11-7-6-10(15)12(16)13(11)17/h2-7H,17H2,1H3,(H,18,19). The fourth-order valence-corrected chi connectivity index (χ4v) is 1.61. The monoisotopic (exact) mass is 278 g/mol. The molecule has 2 aromatic carbocycles. The highest BCUT2D eigenvalue weighted by atomic mass is 19.2. The maximum absolute atomic E-state index is 13.3. The first-order valence-corrected chi connectivity index (χ1v) is 5.72. The normalized spacial score (nSPS) is 10.2. The fourth-order valence-electron chi connectivity index (χ4n) is 1.61. The van der Waals surface area contributed by atoms with Crippen LogP contribution in [0.15, 0.2) is 36.4 Å². The molecule has 6 heteroatoms. The molecule has 1 amide bonds. The SMILES string of the molecule is COc1ccc(C(=O)Nc2ccc(F)c(F)c2N)cc1. The first-order chi connectivity index (χ1) is 9.52. The Kier molecular flexibility index (Phi) is 3.84. The highest BCUT2D eigenvalue weighted by molar-refractivity contribution is 6.05. The van der Waals surface area contributed by atoms with E-state index in [0.717, 1.165) is 6.07 Å². The van der Waals surface area contributed by atoms with Crippen molar-refractivity contribution < 1.29 is 18.3 Å². The van der Waals surface area contributed by atoms with E-state index < -0.39 is 23.2 Å². The van der Waals surface area contributed by atoms with Crippen molar-refractivity contribution in [1.29, 1.82) is 0 Å². The molecule has 104 valence electrons. The molecule has 20 heavy (non-hydrogen) atoms. The van der Waals surface area contributed by atoms with E-state index >= 15 is 0 Å². The molecule has 2 rings (SSSR count). The summed E-state index contributed by atoms with van der Waals surface area (Å²) < 4.78 is 31.2. The lowest BCUT2D eigenvalue weighted by Gasteiger charge is -2.09. The number of carbonyl (C=O) groups excluding carboxylic acids is 1. The zero-order chi connectivity index (χ0) is 14.7. The summed E-state index contributed by atoms with van der Waals surface area (Å²) in [6.07, 6.45) is 0. The molecule has 0 atom stereocenters. The van der Waals surface area contributed by atoms with Crippen LogP contribution in [0.4, 0.5) is 20.2 Å². The van der Waals surface area contributed by atoms with Gasteiger partial charge in [0, 0.05) is 5.56 Å². The van der Waals surface area contributed by atoms with Crippen LogP contribution in [-0.2, 0) is 0 Å². The van der Waals surface area contributed by atoms with Gasteiger partial charge in [-0.3, -0.25) is 4.79 Å². The number of ether oxygens (including phenoxy) is 1. The molecule has 0 spiro atoms. The van der Waals surface area contributed by atoms with Crippen molar-refractivity contribution in [2.45, 2.75) is 0 Å². The summed E-state index contributed by atoms with van der Waals surface area (Å²) in [5.41, 5.74) is 5.33. The third-order valence-electron chi connectivity index (χ3n) is 2.73. The van der Waals surface area contributed by atoms with Crippen molar-refractivity contribution in [2.24, 2.45) is 0 Å². The largest absolute Gasteiger partial charge is 0.497 e. The van der Waals surface area contributed by atoms with Gasteiger partial charge in [0.1, 0.15) is 5.75 Å². The average Bonchev–Trinajstić information content (AvgIpc) is 2.48. The van der Waals surface area contributed by atoms with Gasteiger partial charge in [-0.2, -0.15) is 0 Å². The second kappa shape index (κ2) is 5.56. The Morgan fingerprint density at radius 1 is 1.15 bits per heavy atom. The van der Waals surface area contributed by atoms with Crippen molar-refractivity contribution in [3.63, 3.8) is 0 Å². The molecule has 2 aromatic rings. The van der Waals surface area contributed by atoms with Gasteiger partial charge in [0.15, 0.2) is 11.6 Å². The van der Waals surface area contributed by atoms with Crippen LogP contribution in [-0.4, -0.2) is 13.0 Å². The summed E-state index contributed by atoms with van der Waals surface area (Å²) in [5.74, 6) is -2.12. The Hall–Kier alpha value is -2.63. The number of benzene rings is 2. The molecular weight excluding hydrogens is 266 g/mol. The predicted octanol–water partition coefficient (Wildman–Crippen LogP) is 2.81. The summed E-state index contributed by atoms with van der Waals surface area (Å²) in [6, 6.07) is 8.42. The molecule has 0 aliphatic heterocycles. The highest BCUT2D eigenvalue weighted by Crippen LogP contribution is 2.24. The molecule has 0 saturated heterocycles. The molecule has 0 heterocycles. The van der Waals surface area contributed by atoms with E-state index in [0.29, 0.717) is 11.3 Å². The Balaban J connectivity index is 2.21. The van der Waals surface area contributed by atoms with Crippen LogP contribution in [0.5, 0.6) is 5.75 Å². The number of hydrogen-bond acceptors (Lipinski definition) is 3. The number of amides is 1. The Morgan fingerprint density at radius 3 is 2.40 bits per heavy atom. The number of halogens is 2. The average molecular weight is 278 g/mol. The number of methoxy groups -OCH3 is 1. The minimum atomic E-state index is -1.18. The van der Waals surface area contributed by atoms with Crippen LogP contribution >= 0.6 is 0 Å². The molecule has 0 bridgehead atoms. The number of hydrogen-bond donors (Lipinski definition) is 2. The Morgan fingerprint density at radius 2 is 1.80 bits per heavy atom.